The van der Waals surface area contributed by atoms with Crippen molar-refractivity contribution in [2.45, 2.75) is 12.8 Å². The Bertz CT molecular complexity index is 410. The fourth-order valence-electron chi connectivity index (χ4n) is 1.39. The lowest BCUT2D eigenvalue weighted by Crippen LogP contribution is -1.98. The SMILES string of the molecule is CC(CO)c1cccc2ncsc12. The second-order valence-electron chi connectivity index (χ2n) is 3.13. The number of aliphatic hydroxyl groups is 1. The van der Waals surface area contributed by atoms with Crippen molar-refractivity contribution < 1.29 is 5.11 Å². The lowest BCUT2D eigenvalue weighted by Gasteiger charge is -2.08. The van der Waals surface area contributed by atoms with Crippen LogP contribution in [-0.4, -0.2) is 16.7 Å². The molecule has 0 spiro atoms. The minimum absolute atomic E-state index is 0.191. The highest BCUT2D eigenvalue weighted by Crippen LogP contribution is 2.27. The number of aliphatic hydroxyl groups excluding tert-OH is 1. The maximum absolute atomic E-state index is 9.07. The second kappa shape index (κ2) is 3.44. The Morgan fingerprint density at radius 1 is 1.54 bits per heavy atom. The molecule has 0 aliphatic carbocycles. The minimum atomic E-state index is 0.191. The van der Waals surface area contributed by atoms with Crippen LogP contribution in [0.4, 0.5) is 0 Å². The van der Waals surface area contributed by atoms with Crippen LogP contribution in [0.5, 0.6) is 0 Å². The number of benzene rings is 1. The fourth-order valence-corrected chi connectivity index (χ4v) is 2.31. The van der Waals surface area contributed by atoms with Crippen molar-refractivity contribution in [3.8, 4) is 0 Å². The van der Waals surface area contributed by atoms with Gasteiger partial charge >= 0.3 is 0 Å². The standard InChI is InChI=1S/C10H11NOS/c1-7(5-12)8-3-2-4-9-10(8)13-6-11-9/h2-4,6-7,12H,5H2,1H3. The zero-order valence-corrected chi connectivity index (χ0v) is 8.21. The molecule has 0 saturated carbocycles. The van der Waals surface area contributed by atoms with Gasteiger partial charge in [-0.1, -0.05) is 19.1 Å². The van der Waals surface area contributed by atoms with E-state index in [1.165, 1.54) is 10.3 Å². The molecule has 2 aromatic rings. The van der Waals surface area contributed by atoms with Gasteiger partial charge in [0.05, 0.1) is 15.7 Å². The normalized spacial score (nSPS) is 13.4. The van der Waals surface area contributed by atoms with Crippen LogP contribution in [0.15, 0.2) is 23.7 Å². The van der Waals surface area contributed by atoms with Crippen LogP contribution in [0.2, 0.25) is 0 Å². The van der Waals surface area contributed by atoms with E-state index in [9.17, 15) is 0 Å². The summed E-state index contributed by atoms with van der Waals surface area (Å²) in [6, 6.07) is 6.05. The number of thiazole rings is 1. The molecule has 2 rings (SSSR count). The molecular formula is C10H11NOS. The topological polar surface area (TPSA) is 33.1 Å². The summed E-state index contributed by atoms with van der Waals surface area (Å²) in [5, 5.41) is 9.07. The van der Waals surface area contributed by atoms with Crippen LogP contribution in [0.25, 0.3) is 10.2 Å². The molecule has 1 N–H and O–H groups in total. The molecule has 0 aliphatic rings. The summed E-state index contributed by atoms with van der Waals surface area (Å²) >= 11 is 1.64. The molecule has 2 nitrogen and oxygen atoms in total. The van der Waals surface area contributed by atoms with Gasteiger partial charge in [0.15, 0.2) is 0 Å². The van der Waals surface area contributed by atoms with Gasteiger partial charge in [0.1, 0.15) is 0 Å². The van der Waals surface area contributed by atoms with E-state index in [0.717, 1.165) is 5.52 Å². The van der Waals surface area contributed by atoms with E-state index in [-0.39, 0.29) is 12.5 Å². The molecule has 1 unspecified atom stereocenters. The molecule has 68 valence electrons. The molecule has 0 bridgehead atoms. The Labute approximate surface area is 80.9 Å². The van der Waals surface area contributed by atoms with Crippen LogP contribution in [0.1, 0.15) is 18.4 Å². The summed E-state index contributed by atoms with van der Waals surface area (Å²) in [6.07, 6.45) is 0. The van der Waals surface area contributed by atoms with Crippen molar-refractivity contribution in [2.75, 3.05) is 6.61 Å². The number of rotatable bonds is 2. The molecule has 0 fully saturated rings. The first-order chi connectivity index (χ1) is 6.33. The third kappa shape index (κ3) is 1.45. The monoisotopic (exact) mass is 193 g/mol. The predicted molar refractivity (Wildman–Crippen MR) is 55.1 cm³/mol. The first-order valence-electron chi connectivity index (χ1n) is 4.26. The first-order valence-corrected chi connectivity index (χ1v) is 5.14. The number of hydrogen-bond donors (Lipinski definition) is 1. The molecule has 1 aromatic heterocycles. The average molecular weight is 193 g/mol. The summed E-state index contributed by atoms with van der Waals surface area (Å²) in [7, 11) is 0. The van der Waals surface area contributed by atoms with Crippen LogP contribution >= 0.6 is 11.3 Å². The third-order valence-electron chi connectivity index (χ3n) is 2.19. The molecule has 1 heterocycles. The molecular weight excluding hydrogens is 182 g/mol. The van der Waals surface area contributed by atoms with Crippen molar-refractivity contribution in [3.05, 3.63) is 29.3 Å². The van der Waals surface area contributed by atoms with Gasteiger partial charge in [-0.3, -0.25) is 0 Å². The van der Waals surface area contributed by atoms with Gasteiger partial charge in [-0.2, -0.15) is 0 Å². The number of hydrogen-bond acceptors (Lipinski definition) is 3. The maximum Gasteiger partial charge on any atom is 0.0814 e. The minimum Gasteiger partial charge on any atom is -0.396 e. The number of aromatic nitrogens is 1. The third-order valence-corrected chi connectivity index (χ3v) is 3.08. The Morgan fingerprint density at radius 2 is 2.38 bits per heavy atom. The predicted octanol–water partition coefficient (Wildman–Crippen LogP) is 2.39. The van der Waals surface area contributed by atoms with Crippen LogP contribution in [-0.2, 0) is 0 Å². The zero-order chi connectivity index (χ0) is 9.26. The summed E-state index contributed by atoms with van der Waals surface area (Å²) in [4.78, 5) is 4.23. The highest BCUT2D eigenvalue weighted by atomic mass is 32.1. The highest BCUT2D eigenvalue weighted by Gasteiger charge is 2.09. The van der Waals surface area contributed by atoms with Crippen molar-refractivity contribution >= 4 is 21.6 Å². The highest BCUT2D eigenvalue weighted by molar-refractivity contribution is 7.16. The van der Waals surface area contributed by atoms with Gasteiger partial charge in [-0.15, -0.1) is 11.3 Å². The van der Waals surface area contributed by atoms with Gasteiger partial charge < -0.3 is 5.11 Å². The summed E-state index contributed by atoms with van der Waals surface area (Å²) in [5.41, 5.74) is 4.07. The Balaban J connectivity index is 2.60. The molecule has 0 radical (unpaired) electrons. The summed E-state index contributed by atoms with van der Waals surface area (Å²) in [5.74, 6) is 0.198. The van der Waals surface area contributed by atoms with Crippen LogP contribution in [0.3, 0.4) is 0 Å². The van der Waals surface area contributed by atoms with Crippen molar-refractivity contribution in [3.63, 3.8) is 0 Å². The Hall–Kier alpha value is -0.930. The average Bonchev–Trinajstić information content (AvgIpc) is 2.63. The van der Waals surface area contributed by atoms with E-state index < -0.39 is 0 Å². The fraction of sp³-hybridized carbons (Fsp3) is 0.300. The molecule has 3 heteroatoms. The smallest absolute Gasteiger partial charge is 0.0814 e. The van der Waals surface area contributed by atoms with Gasteiger partial charge in [0, 0.05) is 12.5 Å². The molecule has 0 aliphatic heterocycles. The van der Waals surface area contributed by atoms with Gasteiger partial charge in [-0.05, 0) is 11.6 Å². The van der Waals surface area contributed by atoms with Gasteiger partial charge in [0.25, 0.3) is 0 Å². The molecule has 0 saturated heterocycles. The van der Waals surface area contributed by atoms with E-state index >= 15 is 0 Å². The molecule has 1 atom stereocenters. The van der Waals surface area contributed by atoms with Gasteiger partial charge in [-0.25, -0.2) is 4.98 Å². The van der Waals surface area contributed by atoms with E-state index in [2.05, 4.69) is 11.1 Å². The lowest BCUT2D eigenvalue weighted by molar-refractivity contribution is 0.274. The second-order valence-corrected chi connectivity index (χ2v) is 3.99. The number of fused-ring (bicyclic) bond motifs is 1. The number of nitrogens with zero attached hydrogens (tertiary/aromatic N) is 1. The largest absolute Gasteiger partial charge is 0.396 e. The van der Waals surface area contributed by atoms with Crippen LogP contribution < -0.4 is 0 Å². The van der Waals surface area contributed by atoms with E-state index in [0.29, 0.717) is 0 Å². The zero-order valence-electron chi connectivity index (χ0n) is 7.40. The Kier molecular flexibility index (Phi) is 2.29. The first kappa shape index (κ1) is 8.66. The lowest BCUT2D eigenvalue weighted by atomic mass is 10.0. The van der Waals surface area contributed by atoms with Crippen molar-refractivity contribution in [1.29, 1.82) is 0 Å². The van der Waals surface area contributed by atoms with Crippen molar-refractivity contribution in [2.24, 2.45) is 0 Å². The van der Waals surface area contributed by atoms with Gasteiger partial charge in [0.2, 0.25) is 0 Å². The molecule has 13 heavy (non-hydrogen) atoms. The van der Waals surface area contributed by atoms with E-state index in [1.807, 2.05) is 24.6 Å². The van der Waals surface area contributed by atoms with E-state index in [4.69, 9.17) is 5.11 Å². The quantitative estimate of drug-likeness (QED) is 0.794. The Morgan fingerprint density at radius 3 is 3.15 bits per heavy atom. The molecule has 0 amide bonds. The summed E-state index contributed by atoms with van der Waals surface area (Å²) in [6.45, 7) is 2.21. The molecule has 1 aromatic carbocycles. The summed E-state index contributed by atoms with van der Waals surface area (Å²) < 4.78 is 1.20. The van der Waals surface area contributed by atoms with Crippen molar-refractivity contribution in [1.82, 2.24) is 4.98 Å². The maximum atomic E-state index is 9.07. The van der Waals surface area contributed by atoms with E-state index in [1.54, 1.807) is 11.3 Å². The van der Waals surface area contributed by atoms with Crippen LogP contribution in [0, 0.1) is 0 Å².